The molecule has 1 aromatic carbocycles. The third kappa shape index (κ3) is 4.30. The van der Waals surface area contributed by atoms with E-state index in [0.29, 0.717) is 0 Å². The number of hydrogen-bond acceptors (Lipinski definition) is 4. The summed E-state index contributed by atoms with van der Waals surface area (Å²) in [4.78, 5) is 1.03. The highest BCUT2D eigenvalue weighted by Crippen LogP contribution is 2.29. The summed E-state index contributed by atoms with van der Waals surface area (Å²) in [5.74, 6) is 0. The highest BCUT2D eigenvalue weighted by atomic mass is 32.2. The van der Waals surface area contributed by atoms with Gasteiger partial charge in [0.2, 0.25) is 0 Å². The summed E-state index contributed by atoms with van der Waals surface area (Å²) in [6.45, 7) is 0.545. The minimum Gasteiger partial charge on any atom is -0.397 e. The predicted octanol–water partition coefficient (Wildman–Crippen LogP) is 2.06. The second kappa shape index (κ2) is 5.28. The number of benzene rings is 1. The zero-order chi connectivity index (χ0) is 14.8. The predicted molar refractivity (Wildman–Crippen MR) is 67.9 cm³/mol. The lowest BCUT2D eigenvalue weighted by atomic mass is 10.2. The number of alkyl halides is 3. The number of nitrogens with two attached hydrogens (primary N) is 1. The maximum absolute atomic E-state index is 12.4. The Kier molecular flexibility index (Phi) is 4.34. The molecule has 0 fully saturated rings. The number of hydrogen-bond donors (Lipinski definition) is 1. The molecule has 0 aliphatic rings. The van der Waals surface area contributed by atoms with Crippen molar-refractivity contribution in [1.82, 2.24) is 0 Å². The molecule has 2 N–H and O–H groups in total. The van der Waals surface area contributed by atoms with Gasteiger partial charge in [-0.15, -0.1) is 0 Å². The minimum atomic E-state index is -4.35. The Balaban J connectivity index is 3.14. The Hall–Kier alpha value is -1.44. The third-order valence-electron chi connectivity index (χ3n) is 2.52. The second-order valence-corrected chi connectivity index (χ2v) is 6.14. The molecule has 0 aliphatic heterocycles. The van der Waals surface area contributed by atoms with Gasteiger partial charge < -0.3 is 10.6 Å². The maximum atomic E-state index is 12.4. The van der Waals surface area contributed by atoms with Crippen molar-refractivity contribution < 1.29 is 21.6 Å². The summed E-state index contributed by atoms with van der Waals surface area (Å²) in [5.41, 5.74) is 5.82. The molecule has 19 heavy (non-hydrogen) atoms. The third-order valence-corrected chi connectivity index (χ3v) is 3.63. The number of nitrogen functional groups attached to an aromatic ring is 1. The highest BCUT2D eigenvalue weighted by Gasteiger charge is 2.31. The molecule has 1 rings (SSSR count). The minimum absolute atomic E-state index is 0.00836. The van der Waals surface area contributed by atoms with Gasteiger partial charge in [0.15, 0.2) is 9.84 Å². The molecule has 1 aromatic rings. The number of halogens is 3. The summed E-state index contributed by atoms with van der Waals surface area (Å²) in [7, 11) is -3.43. The van der Waals surface area contributed by atoms with Crippen LogP contribution in [-0.4, -0.2) is 33.9 Å². The van der Waals surface area contributed by atoms with Crippen LogP contribution in [0, 0.1) is 0 Å². The summed E-state index contributed by atoms with van der Waals surface area (Å²) in [5, 5.41) is 0. The molecule has 0 atom stereocenters. The zero-order valence-electron chi connectivity index (χ0n) is 10.5. The van der Waals surface area contributed by atoms with Gasteiger partial charge in [-0.3, -0.25) is 0 Å². The Morgan fingerprint density at radius 1 is 1.32 bits per heavy atom. The van der Waals surface area contributed by atoms with Gasteiger partial charge in [-0.1, -0.05) is 0 Å². The van der Waals surface area contributed by atoms with Crippen molar-refractivity contribution >= 4 is 21.2 Å². The molecule has 0 bridgehead atoms. The van der Waals surface area contributed by atoms with Crippen LogP contribution in [0.25, 0.3) is 0 Å². The van der Waals surface area contributed by atoms with E-state index >= 15 is 0 Å². The van der Waals surface area contributed by atoms with Gasteiger partial charge in [0, 0.05) is 12.8 Å². The Labute approximate surface area is 109 Å². The van der Waals surface area contributed by atoms with E-state index < -0.39 is 22.6 Å². The zero-order valence-corrected chi connectivity index (χ0v) is 11.3. The maximum Gasteiger partial charge on any atom is 0.405 e. The normalized spacial score (nSPS) is 12.5. The van der Waals surface area contributed by atoms with Crippen molar-refractivity contribution in [3.8, 4) is 0 Å². The molecule has 0 spiro atoms. The van der Waals surface area contributed by atoms with E-state index in [1.165, 1.54) is 18.2 Å². The van der Waals surface area contributed by atoms with Gasteiger partial charge in [-0.05, 0) is 25.1 Å². The van der Waals surface area contributed by atoms with Crippen molar-refractivity contribution in [3.05, 3.63) is 18.2 Å². The SMILES string of the molecule is CCN(CC(F)(F)F)c1ccc(S(C)(=O)=O)cc1N. The van der Waals surface area contributed by atoms with Gasteiger partial charge in [0.1, 0.15) is 6.54 Å². The van der Waals surface area contributed by atoms with Crippen molar-refractivity contribution in [1.29, 1.82) is 0 Å². The first kappa shape index (κ1) is 15.6. The van der Waals surface area contributed by atoms with Crippen molar-refractivity contribution in [2.24, 2.45) is 0 Å². The summed E-state index contributed by atoms with van der Waals surface area (Å²) in [6, 6.07) is 3.71. The molecule has 0 radical (unpaired) electrons. The molecule has 4 nitrogen and oxygen atoms in total. The molecule has 0 unspecified atom stereocenters. The standard InChI is InChI=1S/C11H15F3N2O2S/c1-3-16(7-11(12,13)14)10-5-4-8(6-9(10)15)19(2,17)18/h4-6H,3,7,15H2,1-2H3. The van der Waals surface area contributed by atoms with Crippen LogP contribution < -0.4 is 10.6 Å². The van der Waals surface area contributed by atoms with Gasteiger partial charge in [-0.25, -0.2) is 8.42 Å². The van der Waals surface area contributed by atoms with E-state index in [-0.39, 0.29) is 22.8 Å². The molecule has 0 amide bonds. The Morgan fingerprint density at radius 2 is 1.89 bits per heavy atom. The van der Waals surface area contributed by atoms with Gasteiger partial charge in [0.25, 0.3) is 0 Å². The van der Waals surface area contributed by atoms with E-state index in [2.05, 4.69) is 0 Å². The van der Waals surface area contributed by atoms with E-state index in [4.69, 9.17) is 5.73 Å². The van der Waals surface area contributed by atoms with Crippen LogP contribution in [0.4, 0.5) is 24.5 Å². The van der Waals surface area contributed by atoms with Gasteiger partial charge in [-0.2, -0.15) is 13.2 Å². The smallest absolute Gasteiger partial charge is 0.397 e. The number of anilines is 2. The first-order valence-corrected chi connectivity index (χ1v) is 7.35. The molecule has 8 heteroatoms. The number of rotatable bonds is 4. The highest BCUT2D eigenvalue weighted by molar-refractivity contribution is 7.90. The molecule has 0 aliphatic carbocycles. The van der Waals surface area contributed by atoms with E-state index in [1.807, 2.05) is 0 Å². The first-order chi connectivity index (χ1) is 8.54. The number of sulfone groups is 1. The Morgan fingerprint density at radius 3 is 2.26 bits per heavy atom. The molecular weight excluding hydrogens is 281 g/mol. The van der Waals surface area contributed by atoms with Crippen molar-refractivity contribution in [2.45, 2.75) is 18.0 Å². The van der Waals surface area contributed by atoms with E-state index in [9.17, 15) is 21.6 Å². The number of nitrogens with zero attached hydrogens (tertiary/aromatic N) is 1. The summed E-state index contributed by atoms with van der Waals surface area (Å²) < 4.78 is 59.8. The lowest BCUT2D eigenvalue weighted by molar-refractivity contribution is -0.119. The molecule has 0 saturated heterocycles. The van der Waals surface area contributed by atoms with Crippen LogP contribution in [0.5, 0.6) is 0 Å². The van der Waals surface area contributed by atoms with Crippen LogP contribution in [0.1, 0.15) is 6.92 Å². The fourth-order valence-corrected chi connectivity index (χ4v) is 2.29. The fourth-order valence-electron chi connectivity index (χ4n) is 1.63. The van der Waals surface area contributed by atoms with Gasteiger partial charge >= 0.3 is 6.18 Å². The Bertz CT molecular complexity index is 556. The van der Waals surface area contributed by atoms with E-state index in [0.717, 1.165) is 11.2 Å². The molecule has 108 valence electrons. The van der Waals surface area contributed by atoms with Crippen LogP contribution in [-0.2, 0) is 9.84 Å². The van der Waals surface area contributed by atoms with Crippen molar-refractivity contribution in [2.75, 3.05) is 30.0 Å². The largest absolute Gasteiger partial charge is 0.405 e. The quantitative estimate of drug-likeness (QED) is 0.864. The lowest BCUT2D eigenvalue weighted by Crippen LogP contribution is -2.34. The average molecular weight is 296 g/mol. The monoisotopic (exact) mass is 296 g/mol. The van der Waals surface area contributed by atoms with Gasteiger partial charge in [0.05, 0.1) is 16.3 Å². The topological polar surface area (TPSA) is 63.4 Å². The molecule has 0 heterocycles. The van der Waals surface area contributed by atoms with Crippen LogP contribution in [0.2, 0.25) is 0 Å². The molecule has 0 aromatic heterocycles. The molecular formula is C11H15F3N2O2S. The fraction of sp³-hybridized carbons (Fsp3) is 0.455. The summed E-state index contributed by atoms with van der Waals surface area (Å²) >= 11 is 0. The van der Waals surface area contributed by atoms with Crippen LogP contribution in [0.15, 0.2) is 23.1 Å². The molecule has 0 saturated carbocycles. The van der Waals surface area contributed by atoms with Crippen LogP contribution in [0.3, 0.4) is 0 Å². The second-order valence-electron chi connectivity index (χ2n) is 4.12. The average Bonchev–Trinajstić information content (AvgIpc) is 2.23. The summed E-state index contributed by atoms with van der Waals surface area (Å²) in [6.07, 6.45) is -3.34. The lowest BCUT2D eigenvalue weighted by Gasteiger charge is -2.25. The van der Waals surface area contributed by atoms with E-state index in [1.54, 1.807) is 6.92 Å². The van der Waals surface area contributed by atoms with Crippen molar-refractivity contribution in [3.63, 3.8) is 0 Å². The van der Waals surface area contributed by atoms with Crippen LogP contribution >= 0.6 is 0 Å². The first-order valence-electron chi connectivity index (χ1n) is 5.46.